The maximum Gasteiger partial charge on any atom is 0.238 e. The van der Waals surface area contributed by atoms with Gasteiger partial charge < -0.3 is 4.52 Å². The van der Waals surface area contributed by atoms with Gasteiger partial charge in [-0.3, -0.25) is 4.79 Å². The molecule has 7 heteroatoms. The standard InChI is InChI=1S/C10H7BrN2O2S2/c11-8-2-1-7(17-8)9-12-10(15-13-9)5-3-16-4-6(5)14/h1-2,5H,3-4H2. The van der Waals surface area contributed by atoms with Crippen LogP contribution in [0.25, 0.3) is 10.7 Å². The molecule has 2 aromatic heterocycles. The molecule has 2 aromatic rings. The fourth-order valence-corrected chi connectivity index (χ4v) is 3.99. The first-order valence-electron chi connectivity index (χ1n) is 4.94. The first-order valence-corrected chi connectivity index (χ1v) is 7.70. The molecule has 0 spiro atoms. The molecule has 0 saturated carbocycles. The van der Waals surface area contributed by atoms with Crippen LogP contribution in [0.15, 0.2) is 20.4 Å². The third-order valence-electron chi connectivity index (χ3n) is 2.45. The van der Waals surface area contributed by atoms with E-state index in [-0.39, 0.29) is 11.7 Å². The number of aromatic nitrogens is 2. The van der Waals surface area contributed by atoms with Gasteiger partial charge in [0.25, 0.3) is 0 Å². The average Bonchev–Trinajstić information content (AvgIpc) is 2.97. The van der Waals surface area contributed by atoms with E-state index in [0.29, 0.717) is 17.5 Å². The van der Waals surface area contributed by atoms with Crippen LogP contribution in [0.3, 0.4) is 0 Å². The lowest BCUT2D eigenvalue weighted by atomic mass is 10.1. The molecular weight excluding hydrogens is 324 g/mol. The van der Waals surface area contributed by atoms with Crippen LogP contribution in [0, 0.1) is 0 Å². The Kier molecular flexibility index (Phi) is 3.06. The van der Waals surface area contributed by atoms with Gasteiger partial charge in [-0.15, -0.1) is 11.3 Å². The summed E-state index contributed by atoms with van der Waals surface area (Å²) in [5.41, 5.74) is 0. The highest BCUT2D eigenvalue weighted by molar-refractivity contribution is 9.11. The van der Waals surface area contributed by atoms with Crippen LogP contribution in [-0.4, -0.2) is 27.4 Å². The Hall–Kier alpha value is -0.660. The summed E-state index contributed by atoms with van der Waals surface area (Å²) in [6, 6.07) is 3.86. The van der Waals surface area contributed by atoms with Crippen LogP contribution in [0.4, 0.5) is 0 Å². The maximum atomic E-state index is 11.6. The van der Waals surface area contributed by atoms with Gasteiger partial charge in [0.1, 0.15) is 5.92 Å². The Balaban J connectivity index is 1.90. The summed E-state index contributed by atoms with van der Waals surface area (Å²) in [6.45, 7) is 0. The van der Waals surface area contributed by atoms with Crippen molar-refractivity contribution in [3.8, 4) is 10.7 Å². The summed E-state index contributed by atoms with van der Waals surface area (Å²) < 4.78 is 6.20. The number of thioether (sulfide) groups is 1. The number of hydrogen-bond donors (Lipinski definition) is 0. The van der Waals surface area contributed by atoms with E-state index < -0.39 is 0 Å². The molecule has 3 heterocycles. The second-order valence-corrected chi connectivity index (χ2v) is 7.09. The molecule has 0 aliphatic carbocycles. The molecule has 1 aliphatic rings. The van der Waals surface area contributed by atoms with Crippen molar-refractivity contribution in [1.29, 1.82) is 0 Å². The summed E-state index contributed by atoms with van der Waals surface area (Å²) in [6.07, 6.45) is 0. The third kappa shape index (κ3) is 2.19. The Morgan fingerprint density at radius 3 is 3.00 bits per heavy atom. The minimum absolute atomic E-state index is 0.178. The van der Waals surface area contributed by atoms with Gasteiger partial charge in [-0.1, -0.05) is 5.16 Å². The number of thiophene rings is 1. The Labute approximate surface area is 114 Å². The number of hydrogen-bond acceptors (Lipinski definition) is 6. The van der Waals surface area contributed by atoms with Crippen molar-refractivity contribution >= 4 is 44.8 Å². The maximum absolute atomic E-state index is 11.6. The molecule has 1 fully saturated rings. The largest absolute Gasteiger partial charge is 0.338 e. The Bertz CT molecular complexity index is 566. The van der Waals surface area contributed by atoms with Crippen molar-refractivity contribution in [2.24, 2.45) is 0 Å². The number of carbonyl (C=O) groups is 1. The highest BCUT2D eigenvalue weighted by atomic mass is 79.9. The first kappa shape index (κ1) is 11.4. The molecule has 1 aliphatic heterocycles. The smallest absolute Gasteiger partial charge is 0.238 e. The number of carbonyl (C=O) groups excluding carboxylic acids is 1. The molecule has 1 saturated heterocycles. The fraction of sp³-hybridized carbons (Fsp3) is 0.300. The molecule has 88 valence electrons. The lowest BCUT2D eigenvalue weighted by Gasteiger charge is -1.97. The van der Waals surface area contributed by atoms with E-state index in [2.05, 4.69) is 26.1 Å². The summed E-state index contributed by atoms with van der Waals surface area (Å²) >= 11 is 6.54. The molecule has 3 rings (SSSR count). The average molecular weight is 331 g/mol. The van der Waals surface area contributed by atoms with Crippen molar-refractivity contribution in [1.82, 2.24) is 10.1 Å². The van der Waals surface area contributed by atoms with Gasteiger partial charge in [0, 0.05) is 5.75 Å². The van der Waals surface area contributed by atoms with Crippen LogP contribution in [0.1, 0.15) is 11.8 Å². The van der Waals surface area contributed by atoms with Gasteiger partial charge >= 0.3 is 0 Å². The Morgan fingerprint density at radius 2 is 2.35 bits per heavy atom. The zero-order chi connectivity index (χ0) is 11.8. The van der Waals surface area contributed by atoms with E-state index in [0.717, 1.165) is 14.4 Å². The molecule has 0 radical (unpaired) electrons. The molecule has 0 bridgehead atoms. The van der Waals surface area contributed by atoms with Crippen molar-refractivity contribution < 1.29 is 9.32 Å². The summed E-state index contributed by atoms with van der Waals surface area (Å²) in [5.74, 6) is 2.25. The van der Waals surface area contributed by atoms with Crippen LogP contribution in [0.2, 0.25) is 0 Å². The molecule has 4 nitrogen and oxygen atoms in total. The molecule has 0 N–H and O–H groups in total. The predicted molar refractivity (Wildman–Crippen MR) is 70.4 cm³/mol. The number of nitrogens with zero attached hydrogens (tertiary/aromatic N) is 2. The molecule has 1 unspecified atom stereocenters. The van der Waals surface area contributed by atoms with E-state index >= 15 is 0 Å². The Morgan fingerprint density at radius 1 is 1.47 bits per heavy atom. The lowest BCUT2D eigenvalue weighted by Crippen LogP contribution is -2.09. The molecular formula is C10H7BrN2O2S2. The molecule has 0 aromatic carbocycles. The van der Waals surface area contributed by atoms with Crippen molar-refractivity contribution in [2.45, 2.75) is 5.92 Å². The van der Waals surface area contributed by atoms with Gasteiger partial charge in [0.05, 0.1) is 14.4 Å². The fourth-order valence-electron chi connectivity index (χ4n) is 1.59. The van der Waals surface area contributed by atoms with Gasteiger partial charge in [-0.2, -0.15) is 16.7 Å². The highest BCUT2D eigenvalue weighted by Gasteiger charge is 2.31. The minimum atomic E-state index is -0.218. The second-order valence-electron chi connectivity index (χ2n) is 3.59. The highest BCUT2D eigenvalue weighted by Crippen LogP contribution is 2.32. The summed E-state index contributed by atoms with van der Waals surface area (Å²) in [7, 11) is 0. The topological polar surface area (TPSA) is 56.0 Å². The van der Waals surface area contributed by atoms with Gasteiger partial charge in [0.2, 0.25) is 11.7 Å². The predicted octanol–water partition coefficient (Wildman–Crippen LogP) is 2.96. The quantitative estimate of drug-likeness (QED) is 0.847. The molecule has 0 amide bonds. The molecule has 17 heavy (non-hydrogen) atoms. The number of Topliss-reactive ketones (excluding diaryl/α,β-unsaturated/α-hetero) is 1. The van der Waals surface area contributed by atoms with Gasteiger partial charge in [-0.05, 0) is 28.1 Å². The SMILES string of the molecule is O=C1CSCC1c1nc(-c2ccc(Br)s2)no1. The van der Waals surface area contributed by atoms with Crippen LogP contribution in [-0.2, 0) is 4.79 Å². The lowest BCUT2D eigenvalue weighted by molar-refractivity contribution is -0.117. The van der Waals surface area contributed by atoms with Crippen LogP contribution < -0.4 is 0 Å². The van der Waals surface area contributed by atoms with Gasteiger partial charge in [0.15, 0.2) is 5.78 Å². The van der Waals surface area contributed by atoms with Crippen molar-refractivity contribution in [3.05, 3.63) is 21.8 Å². The first-order chi connectivity index (χ1) is 8.24. The summed E-state index contributed by atoms with van der Waals surface area (Å²) in [4.78, 5) is 16.8. The number of ketones is 1. The van der Waals surface area contributed by atoms with Crippen molar-refractivity contribution in [3.63, 3.8) is 0 Å². The van der Waals surface area contributed by atoms with Gasteiger partial charge in [-0.25, -0.2) is 0 Å². The second kappa shape index (κ2) is 4.55. The van der Waals surface area contributed by atoms with E-state index in [1.165, 1.54) is 11.3 Å². The third-order valence-corrected chi connectivity index (χ3v) is 5.13. The van der Waals surface area contributed by atoms with E-state index in [1.807, 2.05) is 12.1 Å². The van der Waals surface area contributed by atoms with E-state index in [1.54, 1.807) is 11.8 Å². The normalized spacial score (nSPS) is 20.1. The van der Waals surface area contributed by atoms with E-state index in [9.17, 15) is 4.79 Å². The molecule has 1 atom stereocenters. The van der Waals surface area contributed by atoms with E-state index in [4.69, 9.17) is 4.52 Å². The van der Waals surface area contributed by atoms with Crippen molar-refractivity contribution in [2.75, 3.05) is 11.5 Å². The minimum Gasteiger partial charge on any atom is -0.338 e. The zero-order valence-electron chi connectivity index (χ0n) is 8.55. The zero-order valence-corrected chi connectivity index (χ0v) is 11.8. The number of rotatable bonds is 2. The van der Waals surface area contributed by atoms with Crippen LogP contribution >= 0.6 is 39.0 Å². The summed E-state index contributed by atoms with van der Waals surface area (Å²) in [5, 5.41) is 3.92. The van der Waals surface area contributed by atoms with Crippen LogP contribution in [0.5, 0.6) is 0 Å². The monoisotopic (exact) mass is 330 g/mol. The number of halogens is 1.